The molecule has 0 unspecified atom stereocenters. The zero-order chi connectivity index (χ0) is 17.1. The number of hydrogen-bond donors (Lipinski definition) is 0. The molecule has 2 aromatic heterocycles. The first-order valence-corrected chi connectivity index (χ1v) is 8.13. The second-order valence-corrected chi connectivity index (χ2v) is 6.13. The van der Waals surface area contributed by atoms with Crippen molar-refractivity contribution >= 4 is 12.0 Å². The highest BCUT2D eigenvalue weighted by Gasteiger charge is 2.30. The molecule has 0 aliphatic carbocycles. The summed E-state index contributed by atoms with van der Waals surface area (Å²) in [5, 5.41) is 0. The van der Waals surface area contributed by atoms with Gasteiger partial charge in [0.2, 0.25) is 5.91 Å². The number of rotatable bonds is 3. The number of likely N-dealkylation sites (tertiary alicyclic amines) is 1. The maximum atomic E-state index is 11.8. The van der Waals surface area contributed by atoms with Crippen LogP contribution in [-0.2, 0) is 4.79 Å². The van der Waals surface area contributed by atoms with E-state index in [0.717, 1.165) is 30.1 Å². The number of aromatic nitrogens is 4. The van der Waals surface area contributed by atoms with Crippen LogP contribution in [0.2, 0.25) is 0 Å². The smallest absolute Gasteiger partial charge is 0.219 e. The van der Waals surface area contributed by atoms with Crippen molar-refractivity contribution in [2.24, 2.45) is 0 Å². The predicted octanol–water partition coefficient (Wildman–Crippen LogP) is 2.69. The third kappa shape index (κ3) is 3.32. The Kier molecular flexibility index (Phi) is 4.64. The number of piperidine rings is 1. The van der Waals surface area contributed by atoms with E-state index >= 15 is 0 Å². The third-order valence-corrected chi connectivity index (χ3v) is 4.45. The predicted molar refractivity (Wildman–Crippen MR) is 92.0 cm³/mol. The van der Waals surface area contributed by atoms with Crippen molar-refractivity contribution < 1.29 is 4.79 Å². The third-order valence-electron chi connectivity index (χ3n) is 4.45. The molecule has 1 aliphatic rings. The summed E-state index contributed by atoms with van der Waals surface area (Å²) in [5.74, 6) is 0.966. The van der Waals surface area contributed by atoms with E-state index in [1.165, 1.54) is 0 Å². The minimum absolute atomic E-state index is 0.0984. The fraction of sp³-hybridized carbons (Fsp3) is 0.389. The maximum absolute atomic E-state index is 11.8. The van der Waals surface area contributed by atoms with E-state index in [2.05, 4.69) is 28.5 Å². The van der Waals surface area contributed by atoms with Crippen LogP contribution in [0.1, 0.15) is 44.1 Å². The second kappa shape index (κ2) is 6.86. The summed E-state index contributed by atoms with van der Waals surface area (Å²) in [6, 6.07) is 2.12. The second-order valence-electron chi connectivity index (χ2n) is 6.13. The number of carbonyl (C=O) groups is 1. The van der Waals surface area contributed by atoms with Crippen LogP contribution >= 0.6 is 0 Å². The molecular formula is C18H21N5O. The van der Waals surface area contributed by atoms with E-state index in [4.69, 9.17) is 4.98 Å². The van der Waals surface area contributed by atoms with Gasteiger partial charge >= 0.3 is 0 Å². The van der Waals surface area contributed by atoms with Crippen molar-refractivity contribution in [3.05, 3.63) is 42.8 Å². The fourth-order valence-corrected chi connectivity index (χ4v) is 3.09. The summed E-state index contributed by atoms with van der Waals surface area (Å²) in [7, 11) is 0. The molecule has 0 spiro atoms. The summed E-state index contributed by atoms with van der Waals surface area (Å²) in [6.45, 7) is 8.17. The van der Waals surface area contributed by atoms with Crippen LogP contribution in [0.5, 0.6) is 0 Å². The van der Waals surface area contributed by atoms with Crippen molar-refractivity contribution in [1.29, 1.82) is 0 Å². The summed E-state index contributed by atoms with van der Waals surface area (Å²) in [6.07, 6.45) is 8.58. The average Bonchev–Trinajstić information content (AvgIpc) is 2.62. The molecule has 6 nitrogen and oxygen atoms in total. The van der Waals surface area contributed by atoms with Crippen LogP contribution in [0.15, 0.2) is 31.2 Å². The zero-order valence-corrected chi connectivity index (χ0v) is 14.0. The highest BCUT2D eigenvalue weighted by atomic mass is 16.2. The molecule has 24 heavy (non-hydrogen) atoms. The van der Waals surface area contributed by atoms with E-state index in [-0.39, 0.29) is 17.9 Å². The van der Waals surface area contributed by atoms with E-state index in [1.54, 1.807) is 31.6 Å². The van der Waals surface area contributed by atoms with Crippen LogP contribution in [0.3, 0.4) is 0 Å². The first-order valence-electron chi connectivity index (χ1n) is 8.13. The lowest BCUT2D eigenvalue weighted by Crippen LogP contribution is -2.44. The maximum Gasteiger partial charge on any atom is 0.219 e. The van der Waals surface area contributed by atoms with Crippen molar-refractivity contribution in [3.63, 3.8) is 0 Å². The standard InChI is InChI=1S/C18H21N5O/c1-4-15-9-16(17-10-19-7-8-20-17)22-18(21-15)14-6-5-12(2)23(11-14)13(3)24/h4,7-10,12,14H,1,5-6,11H2,2-3H3/t12-,14+/m0/s1. The molecule has 6 heteroatoms. The van der Waals surface area contributed by atoms with Crippen LogP contribution in [0, 0.1) is 0 Å². The quantitative estimate of drug-likeness (QED) is 0.868. The van der Waals surface area contributed by atoms with Gasteiger partial charge < -0.3 is 4.90 Å². The largest absolute Gasteiger partial charge is 0.340 e. The van der Waals surface area contributed by atoms with Crippen molar-refractivity contribution in [1.82, 2.24) is 24.8 Å². The van der Waals surface area contributed by atoms with E-state index in [9.17, 15) is 4.79 Å². The first kappa shape index (κ1) is 16.2. The van der Waals surface area contributed by atoms with E-state index in [1.807, 2.05) is 11.0 Å². The monoisotopic (exact) mass is 323 g/mol. The molecule has 3 heterocycles. The summed E-state index contributed by atoms with van der Waals surface area (Å²) in [5.41, 5.74) is 2.20. The molecular weight excluding hydrogens is 302 g/mol. The van der Waals surface area contributed by atoms with Crippen LogP contribution in [0.4, 0.5) is 0 Å². The number of hydrogen-bond acceptors (Lipinski definition) is 5. The fourth-order valence-electron chi connectivity index (χ4n) is 3.09. The zero-order valence-electron chi connectivity index (χ0n) is 14.0. The lowest BCUT2D eigenvalue weighted by Gasteiger charge is -2.37. The number of amides is 1. The Morgan fingerprint density at radius 1 is 1.29 bits per heavy atom. The minimum Gasteiger partial charge on any atom is -0.340 e. The summed E-state index contributed by atoms with van der Waals surface area (Å²) >= 11 is 0. The van der Waals surface area contributed by atoms with Gasteiger partial charge in [-0.05, 0) is 31.9 Å². The van der Waals surface area contributed by atoms with E-state index in [0.29, 0.717) is 12.2 Å². The Bertz CT molecular complexity index is 746. The van der Waals surface area contributed by atoms with E-state index < -0.39 is 0 Å². The Hall–Kier alpha value is -2.63. The number of nitrogens with zero attached hydrogens (tertiary/aromatic N) is 5. The van der Waals surface area contributed by atoms with Crippen molar-refractivity contribution in [2.45, 2.75) is 38.6 Å². The topological polar surface area (TPSA) is 71.9 Å². The van der Waals surface area contributed by atoms with Gasteiger partial charge in [0.15, 0.2) is 0 Å². The lowest BCUT2D eigenvalue weighted by molar-refractivity contribution is -0.132. The molecule has 124 valence electrons. The normalized spacial score (nSPS) is 20.7. The van der Waals surface area contributed by atoms with Gasteiger partial charge in [0, 0.05) is 37.8 Å². The van der Waals surface area contributed by atoms with Crippen molar-refractivity contribution in [3.8, 4) is 11.4 Å². The molecule has 2 atom stereocenters. The first-order chi connectivity index (χ1) is 11.6. The van der Waals surface area contributed by atoms with Gasteiger partial charge in [0.1, 0.15) is 11.5 Å². The van der Waals surface area contributed by atoms with Crippen LogP contribution in [-0.4, -0.2) is 43.3 Å². The molecule has 0 N–H and O–H groups in total. The Morgan fingerprint density at radius 3 is 2.79 bits per heavy atom. The molecule has 0 aromatic carbocycles. The average molecular weight is 323 g/mol. The molecule has 0 saturated carbocycles. The lowest BCUT2D eigenvalue weighted by atomic mass is 9.92. The Morgan fingerprint density at radius 2 is 2.12 bits per heavy atom. The highest BCUT2D eigenvalue weighted by Crippen LogP contribution is 2.29. The van der Waals surface area contributed by atoms with Gasteiger partial charge in [-0.3, -0.25) is 14.8 Å². The molecule has 0 radical (unpaired) electrons. The van der Waals surface area contributed by atoms with Crippen LogP contribution < -0.4 is 0 Å². The summed E-state index contributed by atoms with van der Waals surface area (Å²) < 4.78 is 0. The van der Waals surface area contributed by atoms with Gasteiger partial charge in [0.05, 0.1) is 17.6 Å². The minimum atomic E-state index is 0.0984. The molecule has 1 amide bonds. The molecule has 2 aromatic rings. The van der Waals surface area contributed by atoms with Gasteiger partial charge in [-0.15, -0.1) is 0 Å². The van der Waals surface area contributed by atoms with Gasteiger partial charge in [-0.2, -0.15) is 0 Å². The van der Waals surface area contributed by atoms with Gasteiger partial charge in [-0.1, -0.05) is 6.58 Å². The molecule has 1 saturated heterocycles. The van der Waals surface area contributed by atoms with Gasteiger partial charge in [-0.25, -0.2) is 9.97 Å². The number of carbonyl (C=O) groups excluding carboxylic acids is 1. The van der Waals surface area contributed by atoms with Crippen molar-refractivity contribution in [2.75, 3.05) is 6.54 Å². The molecule has 0 bridgehead atoms. The SMILES string of the molecule is C=Cc1cc(-c2cnccn2)nc([C@@H]2CC[C@H](C)N(C(C)=O)C2)n1. The van der Waals surface area contributed by atoms with Gasteiger partial charge in [0.25, 0.3) is 0 Å². The molecule has 3 rings (SSSR count). The Balaban J connectivity index is 1.96. The molecule has 1 fully saturated rings. The molecule has 1 aliphatic heterocycles. The van der Waals surface area contributed by atoms with Crippen LogP contribution in [0.25, 0.3) is 17.5 Å². The Labute approximate surface area is 141 Å². The highest BCUT2D eigenvalue weighted by molar-refractivity contribution is 5.73. The summed E-state index contributed by atoms with van der Waals surface area (Å²) in [4.78, 5) is 31.5.